The van der Waals surface area contributed by atoms with E-state index in [2.05, 4.69) is 17.1 Å². The van der Waals surface area contributed by atoms with Crippen LogP contribution in [0.4, 0.5) is 0 Å². The second-order valence-electron chi connectivity index (χ2n) is 4.63. The maximum absolute atomic E-state index is 5.99. The molecular weight excluding hydrogens is 254 g/mol. The van der Waals surface area contributed by atoms with Gasteiger partial charge in [-0.25, -0.2) is 0 Å². The summed E-state index contributed by atoms with van der Waals surface area (Å²) in [6.07, 6.45) is 1.49. The summed E-state index contributed by atoms with van der Waals surface area (Å²) in [5.74, 6) is 1.00. The zero-order valence-electron chi connectivity index (χ0n) is 12.0. The fourth-order valence-corrected chi connectivity index (χ4v) is 2.05. The monoisotopic (exact) mass is 275 g/mol. The zero-order valence-corrected chi connectivity index (χ0v) is 12.0. The predicted octanol–water partition coefficient (Wildman–Crippen LogP) is 3.00. The summed E-state index contributed by atoms with van der Waals surface area (Å²) in [4.78, 5) is 4.40. The second-order valence-corrected chi connectivity index (χ2v) is 4.63. The van der Waals surface area contributed by atoms with Gasteiger partial charge in [0, 0.05) is 6.61 Å². The number of nitrogens with two attached hydrogens (primary N) is 1. The van der Waals surface area contributed by atoms with E-state index in [4.69, 9.17) is 15.0 Å². The first-order valence-electron chi connectivity index (χ1n) is 7.01. The van der Waals surface area contributed by atoms with Crippen molar-refractivity contribution in [1.29, 1.82) is 0 Å². The van der Waals surface area contributed by atoms with Gasteiger partial charge in [-0.05, 0) is 18.9 Å². The maximum Gasteiger partial charge on any atom is 0.243 e. The second kappa shape index (κ2) is 7.17. The highest BCUT2D eigenvalue weighted by Gasteiger charge is 2.22. The minimum Gasteiger partial charge on any atom is -0.366 e. The van der Waals surface area contributed by atoms with E-state index < -0.39 is 0 Å². The van der Waals surface area contributed by atoms with E-state index >= 15 is 0 Å². The van der Waals surface area contributed by atoms with Crippen molar-refractivity contribution in [2.45, 2.75) is 38.8 Å². The molecule has 0 aliphatic rings. The van der Waals surface area contributed by atoms with Gasteiger partial charge in [0.2, 0.25) is 11.7 Å². The Morgan fingerprint density at radius 3 is 2.65 bits per heavy atom. The molecule has 2 rings (SSSR count). The van der Waals surface area contributed by atoms with E-state index in [1.807, 2.05) is 37.3 Å². The Kier molecular flexibility index (Phi) is 5.26. The Hall–Kier alpha value is -1.72. The first kappa shape index (κ1) is 14.7. The van der Waals surface area contributed by atoms with Crippen LogP contribution in [0.1, 0.15) is 56.1 Å². The van der Waals surface area contributed by atoms with Gasteiger partial charge in [-0.3, -0.25) is 0 Å². The van der Waals surface area contributed by atoms with Gasteiger partial charge in [-0.1, -0.05) is 48.8 Å². The lowest BCUT2D eigenvalue weighted by Gasteiger charge is -2.13. The van der Waals surface area contributed by atoms with Crippen LogP contribution in [0, 0.1) is 0 Å². The van der Waals surface area contributed by atoms with Crippen LogP contribution in [0.15, 0.2) is 34.9 Å². The molecule has 0 radical (unpaired) electrons. The summed E-state index contributed by atoms with van der Waals surface area (Å²) in [5, 5.41) is 4.02. The van der Waals surface area contributed by atoms with Gasteiger partial charge in [-0.2, -0.15) is 4.98 Å². The van der Waals surface area contributed by atoms with Crippen LogP contribution in [-0.2, 0) is 4.74 Å². The topological polar surface area (TPSA) is 74.2 Å². The average molecular weight is 275 g/mol. The Labute approximate surface area is 119 Å². The molecule has 0 bridgehead atoms. The van der Waals surface area contributed by atoms with Crippen LogP contribution in [-0.4, -0.2) is 16.7 Å². The third kappa shape index (κ3) is 3.43. The summed E-state index contributed by atoms with van der Waals surface area (Å²) >= 11 is 0. The van der Waals surface area contributed by atoms with E-state index in [9.17, 15) is 0 Å². The van der Waals surface area contributed by atoms with E-state index in [1.165, 1.54) is 0 Å². The fraction of sp³-hybridized carbons (Fsp3) is 0.467. The summed E-state index contributed by atoms with van der Waals surface area (Å²) in [6.45, 7) is 4.59. The van der Waals surface area contributed by atoms with Crippen molar-refractivity contribution in [3.8, 4) is 0 Å². The minimum absolute atomic E-state index is 0.209. The highest BCUT2D eigenvalue weighted by molar-refractivity contribution is 5.22. The van der Waals surface area contributed by atoms with Crippen molar-refractivity contribution in [3.63, 3.8) is 0 Å². The minimum atomic E-state index is -0.312. The number of rotatable bonds is 7. The molecule has 108 valence electrons. The third-order valence-electron chi connectivity index (χ3n) is 3.04. The lowest BCUT2D eigenvalue weighted by atomic mass is 10.1. The lowest BCUT2D eigenvalue weighted by Crippen LogP contribution is -2.11. The Balaban J connectivity index is 2.22. The molecule has 5 heteroatoms. The van der Waals surface area contributed by atoms with Gasteiger partial charge in [0.05, 0.1) is 6.04 Å². The zero-order chi connectivity index (χ0) is 14.4. The molecule has 5 nitrogen and oxygen atoms in total. The Bertz CT molecular complexity index is 513. The van der Waals surface area contributed by atoms with Crippen molar-refractivity contribution in [1.82, 2.24) is 10.1 Å². The highest BCUT2D eigenvalue weighted by atomic mass is 16.5. The summed E-state index contributed by atoms with van der Waals surface area (Å²) in [7, 11) is 0. The molecule has 0 amide bonds. The van der Waals surface area contributed by atoms with Crippen molar-refractivity contribution in [3.05, 3.63) is 47.6 Å². The van der Waals surface area contributed by atoms with Gasteiger partial charge >= 0.3 is 0 Å². The number of hydrogen-bond acceptors (Lipinski definition) is 5. The van der Waals surface area contributed by atoms with Crippen LogP contribution in [0.25, 0.3) is 0 Å². The highest BCUT2D eigenvalue weighted by Crippen LogP contribution is 2.25. The van der Waals surface area contributed by atoms with Crippen molar-refractivity contribution < 1.29 is 9.26 Å². The number of nitrogens with zero attached hydrogens (tertiary/aromatic N) is 2. The number of aromatic nitrogens is 2. The van der Waals surface area contributed by atoms with Crippen LogP contribution < -0.4 is 5.73 Å². The van der Waals surface area contributed by atoms with Crippen molar-refractivity contribution >= 4 is 0 Å². The van der Waals surface area contributed by atoms with E-state index in [0.29, 0.717) is 18.3 Å². The molecule has 0 spiro atoms. The van der Waals surface area contributed by atoms with Gasteiger partial charge in [0.25, 0.3) is 0 Å². The molecule has 1 aromatic heterocycles. The molecule has 2 N–H and O–H groups in total. The molecule has 20 heavy (non-hydrogen) atoms. The molecule has 0 fully saturated rings. The molecular formula is C15H21N3O2. The predicted molar refractivity (Wildman–Crippen MR) is 76.0 cm³/mol. The molecule has 0 aliphatic heterocycles. The Morgan fingerprint density at radius 2 is 2.00 bits per heavy atom. The van der Waals surface area contributed by atoms with Gasteiger partial charge in [-0.15, -0.1) is 0 Å². The number of hydrogen-bond donors (Lipinski definition) is 1. The maximum atomic E-state index is 5.99. The molecule has 1 unspecified atom stereocenters. The first-order chi connectivity index (χ1) is 9.76. The van der Waals surface area contributed by atoms with Gasteiger partial charge in [0.15, 0.2) is 0 Å². The normalized spacial score (nSPS) is 14.2. The summed E-state index contributed by atoms with van der Waals surface area (Å²) in [6, 6.07) is 9.66. The van der Waals surface area contributed by atoms with Crippen LogP contribution in [0.5, 0.6) is 0 Å². The standard InChI is InChI=1S/C15H21N3O2/c1-3-8-12(16)15-17-14(18-20-15)13(19-4-2)11-9-6-5-7-10-11/h5-7,9-10,12-13H,3-4,8,16H2,1-2H3/t12-,13?/m0/s1. The Morgan fingerprint density at radius 1 is 1.25 bits per heavy atom. The smallest absolute Gasteiger partial charge is 0.243 e. The van der Waals surface area contributed by atoms with E-state index in [-0.39, 0.29) is 12.1 Å². The van der Waals surface area contributed by atoms with Crippen LogP contribution in [0.3, 0.4) is 0 Å². The molecule has 0 aliphatic carbocycles. The average Bonchev–Trinajstić information content (AvgIpc) is 2.95. The molecule has 0 saturated heterocycles. The van der Waals surface area contributed by atoms with Crippen LogP contribution >= 0.6 is 0 Å². The van der Waals surface area contributed by atoms with E-state index in [1.54, 1.807) is 0 Å². The van der Waals surface area contributed by atoms with Crippen LogP contribution in [0.2, 0.25) is 0 Å². The molecule has 2 aromatic rings. The summed E-state index contributed by atoms with van der Waals surface area (Å²) < 4.78 is 11.0. The van der Waals surface area contributed by atoms with Gasteiger partial charge in [0.1, 0.15) is 6.10 Å². The molecule has 1 heterocycles. The quantitative estimate of drug-likeness (QED) is 0.840. The van der Waals surface area contributed by atoms with Crippen molar-refractivity contribution in [2.24, 2.45) is 5.73 Å². The third-order valence-corrected chi connectivity index (χ3v) is 3.04. The number of ether oxygens (including phenoxy) is 1. The largest absolute Gasteiger partial charge is 0.366 e. The SMILES string of the molecule is CCC[C@H](N)c1nc(C(OCC)c2ccccc2)no1. The molecule has 1 aromatic carbocycles. The fourth-order valence-electron chi connectivity index (χ4n) is 2.05. The summed E-state index contributed by atoms with van der Waals surface area (Å²) in [5.41, 5.74) is 7.00. The number of benzene rings is 1. The lowest BCUT2D eigenvalue weighted by molar-refractivity contribution is 0.0833. The molecule has 0 saturated carbocycles. The van der Waals surface area contributed by atoms with E-state index in [0.717, 1.165) is 18.4 Å². The van der Waals surface area contributed by atoms with Gasteiger partial charge < -0.3 is 15.0 Å². The van der Waals surface area contributed by atoms with Crippen molar-refractivity contribution in [2.75, 3.05) is 6.61 Å². The molecule has 2 atom stereocenters. The first-order valence-corrected chi connectivity index (χ1v) is 7.01.